The highest BCUT2D eigenvalue weighted by atomic mass is 35.5. The van der Waals surface area contributed by atoms with Crippen LogP contribution >= 0.6 is 11.6 Å². The monoisotopic (exact) mass is 378 g/mol. The summed E-state index contributed by atoms with van der Waals surface area (Å²) in [6, 6.07) is 5.78. The van der Waals surface area contributed by atoms with Crippen LogP contribution in [-0.4, -0.2) is 19.9 Å². The quantitative estimate of drug-likeness (QED) is 0.389. The van der Waals surface area contributed by atoms with Crippen molar-refractivity contribution in [1.29, 1.82) is 0 Å². The molecule has 8 nitrogen and oxygen atoms in total. The minimum absolute atomic E-state index is 0.0751. The SMILES string of the molecule is O=[N+]([O-])c1c(Nc2cc(F)ccc2F)ncnc1Nc1cccnc1Cl. The zero-order chi connectivity index (χ0) is 18.7. The van der Waals surface area contributed by atoms with Gasteiger partial charge in [0.15, 0.2) is 5.15 Å². The summed E-state index contributed by atoms with van der Waals surface area (Å²) in [5.41, 5.74) is -0.605. The van der Waals surface area contributed by atoms with Crippen LogP contribution in [0.25, 0.3) is 0 Å². The summed E-state index contributed by atoms with van der Waals surface area (Å²) in [6.07, 6.45) is 2.47. The van der Waals surface area contributed by atoms with E-state index in [1.165, 1.54) is 6.20 Å². The first-order valence-electron chi connectivity index (χ1n) is 7.04. The predicted molar refractivity (Wildman–Crippen MR) is 90.9 cm³/mol. The lowest BCUT2D eigenvalue weighted by molar-refractivity contribution is -0.383. The van der Waals surface area contributed by atoms with Crippen LogP contribution in [-0.2, 0) is 0 Å². The van der Waals surface area contributed by atoms with Crippen LogP contribution in [0.15, 0.2) is 42.9 Å². The number of nitrogens with one attached hydrogen (secondary N) is 2. The van der Waals surface area contributed by atoms with Gasteiger partial charge in [-0.15, -0.1) is 0 Å². The van der Waals surface area contributed by atoms with Crippen LogP contribution < -0.4 is 10.6 Å². The first-order valence-corrected chi connectivity index (χ1v) is 7.42. The van der Waals surface area contributed by atoms with Crippen molar-refractivity contribution in [3.63, 3.8) is 0 Å². The molecular weight excluding hydrogens is 370 g/mol. The van der Waals surface area contributed by atoms with Gasteiger partial charge >= 0.3 is 5.69 Å². The number of halogens is 3. The molecule has 11 heteroatoms. The van der Waals surface area contributed by atoms with Gasteiger partial charge in [0.05, 0.1) is 16.3 Å². The van der Waals surface area contributed by atoms with Crippen LogP contribution in [0.3, 0.4) is 0 Å². The largest absolute Gasteiger partial charge is 0.353 e. The van der Waals surface area contributed by atoms with Crippen molar-refractivity contribution in [3.05, 3.63) is 69.8 Å². The molecule has 0 saturated carbocycles. The summed E-state index contributed by atoms with van der Waals surface area (Å²) in [6.45, 7) is 0. The molecule has 0 atom stereocenters. The highest BCUT2D eigenvalue weighted by Gasteiger charge is 2.24. The Morgan fingerprint density at radius 1 is 1.04 bits per heavy atom. The third-order valence-electron chi connectivity index (χ3n) is 3.20. The summed E-state index contributed by atoms with van der Waals surface area (Å²) in [4.78, 5) is 22.1. The average molecular weight is 379 g/mol. The second-order valence-corrected chi connectivity index (χ2v) is 5.25. The minimum Gasteiger partial charge on any atom is -0.332 e. The van der Waals surface area contributed by atoms with Crippen LogP contribution in [0.4, 0.5) is 37.5 Å². The Morgan fingerprint density at radius 2 is 1.73 bits per heavy atom. The Hall–Kier alpha value is -3.40. The van der Waals surface area contributed by atoms with Crippen molar-refractivity contribution in [1.82, 2.24) is 15.0 Å². The number of nitro groups is 1. The fourth-order valence-corrected chi connectivity index (χ4v) is 2.23. The molecule has 3 rings (SSSR count). The minimum atomic E-state index is -0.802. The van der Waals surface area contributed by atoms with Gasteiger partial charge in [-0.25, -0.2) is 23.7 Å². The summed E-state index contributed by atoms with van der Waals surface area (Å²) < 4.78 is 27.1. The lowest BCUT2D eigenvalue weighted by atomic mass is 10.3. The number of nitrogens with zero attached hydrogens (tertiary/aromatic N) is 4. The van der Waals surface area contributed by atoms with Gasteiger partial charge in [0.1, 0.15) is 18.0 Å². The second kappa shape index (κ2) is 7.23. The molecule has 0 aliphatic carbocycles. The summed E-state index contributed by atoms with van der Waals surface area (Å²) in [7, 11) is 0. The normalized spacial score (nSPS) is 10.4. The molecule has 0 saturated heterocycles. The maximum Gasteiger partial charge on any atom is 0.353 e. The third kappa shape index (κ3) is 3.64. The fourth-order valence-electron chi connectivity index (χ4n) is 2.06. The van der Waals surface area contributed by atoms with E-state index < -0.39 is 22.2 Å². The molecular formula is C15H9ClF2N6O2. The van der Waals surface area contributed by atoms with Crippen LogP contribution in [0, 0.1) is 21.7 Å². The Kier molecular flexibility index (Phi) is 4.85. The van der Waals surface area contributed by atoms with E-state index >= 15 is 0 Å². The Morgan fingerprint density at radius 3 is 2.38 bits per heavy atom. The molecule has 0 radical (unpaired) electrons. The van der Waals surface area contributed by atoms with Crippen LogP contribution in [0.5, 0.6) is 0 Å². The van der Waals surface area contributed by atoms with Crippen molar-refractivity contribution in [2.45, 2.75) is 0 Å². The molecule has 0 aliphatic heterocycles. The number of rotatable bonds is 5. The van der Waals surface area contributed by atoms with Gasteiger partial charge in [-0.05, 0) is 24.3 Å². The molecule has 132 valence electrons. The van der Waals surface area contributed by atoms with Gasteiger partial charge in [-0.3, -0.25) is 10.1 Å². The topological polar surface area (TPSA) is 106 Å². The molecule has 2 N–H and O–H groups in total. The number of benzene rings is 1. The van der Waals surface area contributed by atoms with Gasteiger partial charge in [-0.2, -0.15) is 0 Å². The van der Waals surface area contributed by atoms with Gasteiger partial charge in [0.2, 0.25) is 11.6 Å². The zero-order valence-corrected chi connectivity index (χ0v) is 13.5. The van der Waals surface area contributed by atoms with Gasteiger partial charge < -0.3 is 10.6 Å². The smallest absolute Gasteiger partial charge is 0.332 e. The summed E-state index contributed by atoms with van der Waals surface area (Å²) in [5.74, 6) is -2.04. The van der Waals surface area contributed by atoms with Crippen LogP contribution in [0.1, 0.15) is 0 Å². The van der Waals surface area contributed by atoms with Crippen LogP contribution in [0.2, 0.25) is 5.15 Å². The summed E-state index contributed by atoms with van der Waals surface area (Å²) >= 11 is 5.92. The molecule has 2 heterocycles. The first-order chi connectivity index (χ1) is 12.5. The Bertz CT molecular complexity index is 988. The van der Waals surface area contributed by atoms with Gasteiger partial charge in [0.25, 0.3) is 0 Å². The molecule has 0 amide bonds. The van der Waals surface area contributed by atoms with E-state index in [1.807, 2.05) is 0 Å². The lowest BCUT2D eigenvalue weighted by Crippen LogP contribution is -2.06. The number of pyridine rings is 1. The third-order valence-corrected chi connectivity index (χ3v) is 3.50. The average Bonchev–Trinajstić information content (AvgIpc) is 2.60. The molecule has 0 aliphatic rings. The maximum atomic E-state index is 13.8. The molecule has 0 bridgehead atoms. The number of anilines is 4. The van der Waals surface area contributed by atoms with E-state index in [-0.39, 0.29) is 28.2 Å². The van der Waals surface area contributed by atoms with Gasteiger partial charge in [-0.1, -0.05) is 11.6 Å². The maximum absolute atomic E-state index is 13.8. The van der Waals surface area contributed by atoms with Crippen molar-refractivity contribution in [2.24, 2.45) is 0 Å². The molecule has 26 heavy (non-hydrogen) atoms. The highest BCUT2D eigenvalue weighted by molar-refractivity contribution is 6.32. The highest BCUT2D eigenvalue weighted by Crippen LogP contribution is 2.34. The first kappa shape index (κ1) is 17.4. The number of hydrogen-bond donors (Lipinski definition) is 2. The molecule has 2 aromatic heterocycles. The Balaban J connectivity index is 2.03. The van der Waals surface area contributed by atoms with E-state index in [0.29, 0.717) is 0 Å². The number of aromatic nitrogens is 3. The predicted octanol–water partition coefficient (Wildman–Crippen LogP) is 4.20. The molecule has 0 fully saturated rings. The second-order valence-electron chi connectivity index (χ2n) is 4.89. The zero-order valence-electron chi connectivity index (χ0n) is 12.8. The van der Waals surface area contributed by atoms with Crippen molar-refractivity contribution < 1.29 is 13.7 Å². The van der Waals surface area contributed by atoms with Crippen molar-refractivity contribution >= 4 is 40.3 Å². The molecule has 1 aromatic carbocycles. The molecule has 3 aromatic rings. The molecule has 0 unspecified atom stereocenters. The summed E-state index contributed by atoms with van der Waals surface area (Å²) in [5, 5.41) is 16.7. The van der Waals surface area contributed by atoms with Crippen molar-refractivity contribution in [3.8, 4) is 0 Å². The molecule has 0 spiro atoms. The lowest BCUT2D eigenvalue weighted by Gasteiger charge is -2.11. The standard InChI is InChI=1S/C15H9ClF2N6O2/c16-13-10(2-1-5-19-13)22-14-12(24(25)26)15(21-7-20-14)23-11-6-8(17)3-4-9(11)18/h1-7H,(H2,20,21,22,23). The Labute approximate surface area is 150 Å². The fraction of sp³-hybridized carbons (Fsp3) is 0. The van der Waals surface area contributed by atoms with E-state index in [9.17, 15) is 18.9 Å². The van der Waals surface area contributed by atoms with E-state index in [1.54, 1.807) is 12.1 Å². The van der Waals surface area contributed by atoms with E-state index in [2.05, 4.69) is 25.6 Å². The van der Waals surface area contributed by atoms with Crippen molar-refractivity contribution in [2.75, 3.05) is 10.6 Å². The van der Waals surface area contributed by atoms with E-state index in [0.717, 1.165) is 24.5 Å². The van der Waals surface area contributed by atoms with Gasteiger partial charge in [0, 0.05) is 12.3 Å². The van der Waals surface area contributed by atoms with E-state index in [4.69, 9.17) is 11.6 Å². The number of hydrogen-bond acceptors (Lipinski definition) is 7.